The molecule has 0 saturated carbocycles. The fourth-order valence-corrected chi connectivity index (χ4v) is 2.26. The summed E-state index contributed by atoms with van der Waals surface area (Å²) >= 11 is 0. The topological polar surface area (TPSA) is 67.4 Å². The Morgan fingerprint density at radius 3 is 2.12 bits per heavy atom. The van der Waals surface area contributed by atoms with Crippen LogP contribution in [0.3, 0.4) is 0 Å². The van der Waals surface area contributed by atoms with Gasteiger partial charge in [-0.25, -0.2) is 4.79 Å². The number of carbonyl (C=O) groups excluding carboxylic acids is 2. The third kappa shape index (κ3) is 5.87. The Morgan fingerprint density at radius 1 is 1.08 bits per heavy atom. The van der Waals surface area contributed by atoms with Crippen LogP contribution < -0.4 is 10.6 Å². The number of hydrogen-bond acceptors (Lipinski definition) is 3. The molecule has 2 amide bonds. The van der Waals surface area contributed by atoms with Gasteiger partial charge in [-0.15, -0.1) is 0 Å². The van der Waals surface area contributed by atoms with E-state index in [0.29, 0.717) is 6.42 Å². The molecule has 5 heteroatoms. The number of carbonyl (C=O) groups is 2. The minimum atomic E-state index is -1.02. The molecular formula is C19H30N2O3. The van der Waals surface area contributed by atoms with Gasteiger partial charge >= 0.3 is 6.09 Å². The predicted molar refractivity (Wildman–Crippen MR) is 95.7 cm³/mol. The molecule has 0 radical (unpaired) electrons. The Bertz CT molecular complexity index is 551. The summed E-state index contributed by atoms with van der Waals surface area (Å²) in [4.78, 5) is 24.8. The van der Waals surface area contributed by atoms with Crippen molar-refractivity contribution in [3.05, 3.63) is 35.9 Å². The van der Waals surface area contributed by atoms with Crippen molar-refractivity contribution in [2.24, 2.45) is 0 Å². The molecule has 0 fully saturated rings. The van der Waals surface area contributed by atoms with E-state index in [0.717, 1.165) is 12.0 Å². The molecule has 0 saturated heterocycles. The summed E-state index contributed by atoms with van der Waals surface area (Å²) in [5.41, 5.74) is -0.584. The summed E-state index contributed by atoms with van der Waals surface area (Å²) in [6, 6.07) is 9.71. The molecule has 0 aliphatic heterocycles. The Labute approximate surface area is 145 Å². The first-order valence-electron chi connectivity index (χ1n) is 8.48. The van der Waals surface area contributed by atoms with E-state index in [9.17, 15) is 9.59 Å². The van der Waals surface area contributed by atoms with Gasteiger partial charge < -0.3 is 15.4 Å². The average Bonchev–Trinajstić information content (AvgIpc) is 2.51. The highest BCUT2D eigenvalue weighted by atomic mass is 16.6. The summed E-state index contributed by atoms with van der Waals surface area (Å²) in [5, 5.41) is 5.74. The van der Waals surface area contributed by atoms with Crippen LogP contribution in [0.5, 0.6) is 0 Å². The van der Waals surface area contributed by atoms with Crippen molar-refractivity contribution in [2.75, 3.05) is 0 Å². The van der Waals surface area contributed by atoms with Gasteiger partial charge in [0.1, 0.15) is 11.1 Å². The monoisotopic (exact) mass is 334 g/mol. The SMILES string of the molecule is CCC(NC(=O)[C@](C)(CC)NC(=O)OC(C)(C)C)c1ccccc1. The smallest absolute Gasteiger partial charge is 0.408 e. The molecule has 2 atom stereocenters. The van der Waals surface area contributed by atoms with E-state index in [4.69, 9.17) is 4.74 Å². The number of amides is 2. The third-order valence-corrected chi connectivity index (χ3v) is 3.90. The Hall–Kier alpha value is -2.04. The van der Waals surface area contributed by atoms with Gasteiger partial charge in [-0.2, -0.15) is 0 Å². The Balaban J connectivity index is 2.82. The molecular weight excluding hydrogens is 304 g/mol. The lowest BCUT2D eigenvalue weighted by atomic mass is 9.96. The molecule has 1 rings (SSSR count). The van der Waals surface area contributed by atoms with Gasteiger partial charge in [0.2, 0.25) is 5.91 Å². The van der Waals surface area contributed by atoms with Crippen molar-refractivity contribution >= 4 is 12.0 Å². The van der Waals surface area contributed by atoms with E-state index in [1.165, 1.54) is 0 Å². The molecule has 2 N–H and O–H groups in total. The second-order valence-electron chi connectivity index (χ2n) is 7.16. The lowest BCUT2D eigenvalue weighted by Crippen LogP contribution is -2.57. The molecule has 0 bridgehead atoms. The number of alkyl carbamates (subject to hydrolysis) is 1. The first kappa shape index (κ1) is 20.0. The fourth-order valence-electron chi connectivity index (χ4n) is 2.26. The van der Waals surface area contributed by atoms with Crippen LogP contribution >= 0.6 is 0 Å². The van der Waals surface area contributed by atoms with E-state index < -0.39 is 17.2 Å². The highest BCUT2D eigenvalue weighted by Crippen LogP contribution is 2.19. The third-order valence-electron chi connectivity index (χ3n) is 3.90. The van der Waals surface area contributed by atoms with Crippen molar-refractivity contribution in [3.8, 4) is 0 Å². The van der Waals surface area contributed by atoms with Gasteiger partial charge in [-0.3, -0.25) is 4.79 Å². The zero-order valence-corrected chi connectivity index (χ0v) is 15.6. The number of benzene rings is 1. The quantitative estimate of drug-likeness (QED) is 0.828. The summed E-state index contributed by atoms with van der Waals surface area (Å²) < 4.78 is 5.27. The molecule has 5 nitrogen and oxygen atoms in total. The Kier molecular flexibility index (Phi) is 6.81. The van der Waals surface area contributed by atoms with Crippen LogP contribution in [0.25, 0.3) is 0 Å². The van der Waals surface area contributed by atoms with Crippen LogP contribution in [0.4, 0.5) is 4.79 Å². The first-order chi connectivity index (χ1) is 11.1. The molecule has 0 aromatic heterocycles. The van der Waals surface area contributed by atoms with Crippen LogP contribution in [-0.2, 0) is 9.53 Å². The highest BCUT2D eigenvalue weighted by Gasteiger charge is 2.35. The number of ether oxygens (including phenoxy) is 1. The normalized spacial score (nSPS) is 15.1. The van der Waals surface area contributed by atoms with Crippen LogP contribution in [0.15, 0.2) is 30.3 Å². The lowest BCUT2D eigenvalue weighted by Gasteiger charge is -2.31. The largest absolute Gasteiger partial charge is 0.444 e. The number of hydrogen-bond donors (Lipinski definition) is 2. The summed E-state index contributed by atoms with van der Waals surface area (Å²) in [6.07, 6.45) is 0.639. The van der Waals surface area contributed by atoms with E-state index in [2.05, 4.69) is 10.6 Å². The molecule has 0 aliphatic carbocycles. The molecule has 24 heavy (non-hydrogen) atoms. The highest BCUT2D eigenvalue weighted by molar-refractivity contribution is 5.89. The van der Waals surface area contributed by atoms with Crippen LogP contribution in [-0.4, -0.2) is 23.1 Å². The molecule has 0 aliphatic rings. The van der Waals surface area contributed by atoms with Gasteiger partial charge in [-0.1, -0.05) is 44.2 Å². The van der Waals surface area contributed by atoms with Gasteiger partial charge in [0.15, 0.2) is 0 Å². The zero-order chi connectivity index (χ0) is 18.4. The molecule has 1 unspecified atom stereocenters. The van der Waals surface area contributed by atoms with Gasteiger partial charge in [0, 0.05) is 0 Å². The zero-order valence-electron chi connectivity index (χ0n) is 15.6. The minimum Gasteiger partial charge on any atom is -0.444 e. The van der Waals surface area contributed by atoms with Crippen molar-refractivity contribution in [3.63, 3.8) is 0 Å². The maximum Gasteiger partial charge on any atom is 0.408 e. The average molecular weight is 334 g/mol. The summed E-state index contributed by atoms with van der Waals surface area (Å²) in [7, 11) is 0. The van der Waals surface area contributed by atoms with Crippen LogP contribution in [0, 0.1) is 0 Å². The fraction of sp³-hybridized carbons (Fsp3) is 0.579. The van der Waals surface area contributed by atoms with Crippen LogP contribution in [0.1, 0.15) is 66.0 Å². The van der Waals surface area contributed by atoms with Gasteiger partial charge in [0.25, 0.3) is 0 Å². The summed E-state index contributed by atoms with van der Waals surface area (Å²) in [5.74, 6) is -0.216. The second kappa shape index (κ2) is 8.18. The van der Waals surface area contributed by atoms with Crippen molar-refractivity contribution in [2.45, 2.75) is 71.6 Å². The number of rotatable bonds is 6. The van der Waals surface area contributed by atoms with E-state index in [1.807, 2.05) is 44.2 Å². The molecule has 134 valence electrons. The van der Waals surface area contributed by atoms with Crippen molar-refractivity contribution < 1.29 is 14.3 Å². The van der Waals surface area contributed by atoms with E-state index in [1.54, 1.807) is 27.7 Å². The Morgan fingerprint density at radius 2 is 1.67 bits per heavy atom. The van der Waals surface area contributed by atoms with Gasteiger partial charge in [0.05, 0.1) is 6.04 Å². The molecule has 1 aromatic carbocycles. The predicted octanol–water partition coefficient (Wildman–Crippen LogP) is 3.95. The van der Waals surface area contributed by atoms with Crippen molar-refractivity contribution in [1.82, 2.24) is 10.6 Å². The first-order valence-corrected chi connectivity index (χ1v) is 8.48. The van der Waals surface area contributed by atoms with E-state index in [-0.39, 0.29) is 11.9 Å². The maximum absolute atomic E-state index is 12.8. The molecule has 1 aromatic rings. The number of nitrogens with one attached hydrogen (secondary N) is 2. The molecule has 0 spiro atoms. The van der Waals surface area contributed by atoms with Crippen LogP contribution in [0.2, 0.25) is 0 Å². The molecule has 0 heterocycles. The standard InChI is InChI=1S/C19H30N2O3/c1-7-15(14-12-10-9-11-13-14)20-16(22)19(6,8-2)21-17(23)24-18(3,4)5/h9-13,15H,7-8H2,1-6H3,(H,20,22)(H,21,23)/t15?,19-/m0/s1. The summed E-state index contributed by atoms with van der Waals surface area (Å²) in [6.45, 7) is 11.0. The van der Waals surface area contributed by atoms with Crippen molar-refractivity contribution in [1.29, 1.82) is 0 Å². The minimum absolute atomic E-state index is 0.0926. The van der Waals surface area contributed by atoms with E-state index >= 15 is 0 Å². The second-order valence-corrected chi connectivity index (χ2v) is 7.16. The maximum atomic E-state index is 12.8. The van der Waals surface area contributed by atoms with Gasteiger partial charge in [-0.05, 0) is 46.1 Å². The lowest BCUT2D eigenvalue weighted by molar-refractivity contribution is -0.128.